The number of anilines is 2. The van der Waals surface area contributed by atoms with Gasteiger partial charge < -0.3 is 9.80 Å². The minimum atomic E-state index is 1.08. The zero-order chi connectivity index (χ0) is 15.7. The number of allylic oxidation sites excluding steroid dienone is 2. The molecular weight excluding hydrogens is 244 g/mol. The van der Waals surface area contributed by atoms with Crippen molar-refractivity contribution in [1.29, 1.82) is 0 Å². The summed E-state index contributed by atoms with van der Waals surface area (Å²) in [5, 5.41) is 0. The lowest BCUT2D eigenvalue weighted by molar-refractivity contribution is 0.999. The minimum absolute atomic E-state index is 1.08. The molecule has 0 saturated heterocycles. The number of hydrogen-bond donors (Lipinski definition) is 0. The molecule has 2 rings (SSSR count). The fourth-order valence-corrected chi connectivity index (χ4v) is 2.12. The smallest absolute Gasteiger partial charge is 0.0649 e. The standard InChI is InChI=1S/C14H16N2.2C2H6/c1-5-11-12(6-2)16(4)14-10-8-7-9-13(14)15(11)3;2*1-2/h5-10H,1-2H2,3-4H3;2*1-2H3. The van der Waals surface area contributed by atoms with E-state index in [-0.39, 0.29) is 0 Å². The lowest BCUT2D eigenvalue weighted by atomic mass is 10.1. The van der Waals surface area contributed by atoms with Gasteiger partial charge in [-0.05, 0) is 24.3 Å². The first kappa shape index (κ1) is 18.0. The molecule has 0 radical (unpaired) electrons. The van der Waals surface area contributed by atoms with Gasteiger partial charge in [0, 0.05) is 14.1 Å². The highest BCUT2D eigenvalue weighted by atomic mass is 15.2. The number of nitrogens with zero attached hydrogens (tertiary/aromatic N) is 2. The molecule has 20 heavy (non-hydrogen) atoms. The molecule has 0 atom stereocenters. The van der Waals surface area contributed by atoms with Gasteiger partial charge in [-0.1, -0.05) is 53.0 Å². The molecule has 0 N–H and O–H groups in total. The second-order valence-electron chi connectivity index (χ2n) is 3.79. The van der Waals surface area contributed by atoms with Crippen LogP contribution >= 0.6 is 0 Å². The summed E-state index contributed by atoms with van der Waals surface area (Å²) >= 11 is 0. The average molecular weight is 272 g/mol. The van der Waals surface area contributed by atoms with Crippen LogP contribution in [0.15, 0.2) is 61.0 Å². The molecule has 1 aliphatic heterocycles. The molecule has 110 valence electrons. The van der Waals surface area contributed by atoms with Crippen LogP contribution in [0.3, 0.4) is 0 Å². The summed E-state index contributed by atoms with van der Waals surface area (Å²) in [5.41, 5.74) is 4.53. The molecule has 2 nitrogen and oxygen atoms in total. The van der Waals surface area contributed by atoms with Gasteiger partial charge in [0.05, 0.1) is 22.8 Å². The molecule has 0 fully saturated rings. The Hall–Kier alpha value is -1.96. The van der Waals surface area contributed by atoms with Gasteiger partial charge in [-0.25, -0.2) is 0 Å². The van der Waals surface area contributed by atoms with E-state index in [1.807, 2.05) is 66.1 Å². The van der Waals surface area contributed by atoms with Crippen molar-refractivity contribution in [3.8, 4) is 0 Å². The molecule has 0 unspecified atom stereocenters. The minimum Gasteiger partial charge on any atom is -0.341 e. The average Bonchev–Trinajstić information content (AvgIpc) is 2.54. The monoisotopic (exact) mass is 272 g/mol. The number of benzene rings is 1. The zero-order valence-corrected chi connectivity index (χ0v) is 13.8. The van der Waals surface area contributed by atoms with Crippen LogP contribution in [0.2, 0.25) is 0 Å². The zero-order valence-electron chi connectivity index (χ0n) is 13.8. The van der Waals surface area contributed by atoms with Crippen molar-refractivity contribution in [2.75, 3.05) is 23.9 Å². The molecule has 2 heteroatoms. The Kier molecular flexibility index (Phi) is 8.14. The first-order valence-corrected chi connectivity index (χ1v) is 7.26. The van der Waals surface area contributed by atoms with Gasteiger partial charge in [0.1, 0.15) is 0 Å². The first-order valence-electron chi connectivity index (χ1n) is 7.26. The molecule has 0 bridgehead atoms. The van der Waals surface area contributed by atoms with Gasteiger partial charge in [0.15, 0.2) is 0 Å². The van der Waals surface area contributed by atoms with Crippen molar-refractivity contribution in [2.45, 2.75) is 27.7 Å². The Labute approximate surface area is 124 Å². The number of rotatable bonds is 2. The third-order valence-electron chi connectivity index (χ3n) is 2.98. The summed E-state index contributed by atoms with van der Waals surface area (Å²) in [6.07, 6.45) is 3.73. The fourth-order valence-electron chi connectivity index (χ4n) is 2.12. The maximum atomic E-state index is 3.87. The van der Waals surface area contributed by atoms with Crippen LogP contribution in [0.5, 0.6) is 0 Å². The summed E-state index contributed by atoms with van der Waals surface area (Å²) in [7, 11) is 4.10. The lowest BCUT2D eigenvalue weighted by Crippen LogP contribution is -2.30. The van der Waals surface area contributed by atoms with Crippen LogP contribution in [0.25, 0.3) is 0 Å². The van der Waals surface area contributed by atoms with Crippen molar-refractivity contribution in [2.24, 2.45) is 0 Å². The first-order chi connectivity index (χ1) is 9.70. The molecule has 0 aliphatic carbocycles. The summed E-state index contributed by atoms with van der Waals surface area (Å²) in [4.78, 5) is 4.28. The Balaban J connectivity index is 0.000000829. The van der Waals surface area contributed by atoms with Gasteiger partial charge in [-0.15, -0.1) is 0 Å². The summed E-state index contributed by atoms with van der Waals surface area (Å²) < 4.78 is 0. The maximum absolute atomic E-state index is 3.87. The van der Waals surface area contributed by atoms with Crippen LogP contribution < -0.4 is 9.80 Å². The summed E-state index contributed by atoms with van der Waals surface area (Å²) in [6.45, 7) is 15.7. The van der Waals surface area contributed by atoms with E-state index in [1.165, 1.54) is 11.4 Å². The highest BCUT2D eigenvalue weighted by molar-refractivity contribution is 5.80. The highest BCUT2D eigenvalue weighted by Gasteiger charge is 2.22. The van der Waals surface area contributed by atoms with Crippen molar-refractivity contribution in [1.82, 2.24) is 0 Å². The molecule has 0 saturated carbocycles. The summed E-state index contributed by atoms with van der Waals surface area (Å²) in [6, 6.07) is 8.30. The SMILES string of the molecule is C=CC1=C(C=C)N(C)c2ccccc2N1C.CC.CC. The van der Waals surface area contributed by atoms with Crippen LogP contribution in [-0.2, 0) is 0 Å². The van der Waals surface area contributed by atoms with Crippen molar-refractivity contribution >= 4 is 11.4 Å². The van der Waals surface area contributed by atoms with E-state index in [2.05, 4.69) is 35.1 Å². The largest absolute Gasteiger partial charge is 0.341 e. The van der Waals surface area contributed by atoms with Gasteiger partial charge in [0.25, 0.3) is 0 Å². The molecule has 1 aromatic carbocycles. The van der Waals surface area contributed by atoms with E-state index in [9.17, 15) is 0 Å². The number of fused-ring (bicyclic) bond motifs is 1. The van der Waals surface area contributed by atoms with E-state index >= 15 is 0 Å². The third kappa shape index (κ3) is 3.32. The van der Waals surface area contributed by atoms with Crippen molar-refractivity contribution in [3.63, 3.8) is 0 Å². The molecule has 1 aromatic rings. The molecule has 0 spiro atoms. The normalized spacial score (nSPS) is 12.5. The second-order valence-corrected chi connectivity index (χ2v) is 3.79. The number of para-hydroxylation sites is 2. The lowest BCUT2D eigenvalue weighted by Gasteiger charge is -2.36. The molecular formula is C18H28N2. The van der Waals surface area contributed by atoms with Crippen LogP contribution in [0.4, 0.5) is 11.4 Å². The Bertz CT molecular complexity index is 429. The Morgan fingerprint density at radius 2 is 1.05 bits per heavy atom. The maximum Gasteiger partial charge on any atom is 0.0649 e. The van der Waals surface area contributed by atoms with Gasteiger partial charge in [-0.3, -0.25) is 0 Å². The van der Waals surface area contributed by atoms with Crippen molar-refractivity contribution in [3.05, 3.63) is 61.0 Å². The Morgan fingerprint density at radius 1 is 0.750 bits per heavy atom. The van der Waals surface area contributed by atoms with Crippen LogP contribution in [0.1, 0.15) is 27.7 Å². The summed E-state index contributed by atoms with van der Waals surface area (Å²) in [5.74, 6) is 0. The topological polar surface area (TPSA) is 6.48 Å². The van der Waals surface area contributed by atoms with E-state index in [4.69, 9.17) is 0 Å². The van der Waals surface area contributed by atoms with Crippen LogP contribution in [0, 0.1) is 0 Å². The quantitative estimate of drug-likeness (QED) is 0.729. The molecule has 0 aromatic heterocycles. The van der Waals surface area contributed by atoms with Crippen LogP contribution in [-0.4, -0.2) is 14.1 Å². The molecule has 0 amide bonds. The molecule has 1 aliphatic rings. The van der Waals surface area contributed by atoms with Crippen molar-refractivity contribution < 1.29 is 0 Å². The second kappa shape index (κ2) is 9.03. The number of likely N-dealkylation sites (N-methyl/N-ethyl adjacent to an activating group) is 2. The van der Waals surface area contributed by atoms with E-state index in [0.717, 1.165) is 11.4 Å². The predicted molar refractivity (Wildman–Crippen MR) is 93.4 cm³/mol. The number of hydrogen-bond acceptors (Lipinski definition) is 2. The molecule has 1 heterocycles. The van der Waals surface area contributed by atoms with Gasteiger partial charge >= 0.3 is 0 Å². The highest BCUT2D eigenvalue weighted by Crippen LogP contribution is 2.38. The van der Waals surface area contributed by atoms with Gasteiger partial charge in [-0.2, -0.15) is 0 Å². The van der Waals surface area contributed by atoms with E-state index in [0.29, 0.717) is 0 Å². The van der Waals surface area contributed by atoms with E-state index < -0.39 is 0 Å². The Morgan fingerprint density at radius 3 is 1.30 bits per heavy atom. The predicted octanol–water partition coefficient (Wildman–Crippen LogP) is 5.21. The fraction of sp³-hybridized carbons (Fsp3) is 0.333. The van der Waals surface area contributed by atoms with E-state index in [1.54, 1.807) is 0 Å². The van der Waals surface area contributed by atoms with Gasteiger partial charge in [0.2, 0.25) is 0 Å². The third-order valence-corrected chi connectivity index (χ3v) is 2.98.